The van der Waals surface area contributed by atoms with E-state index >= 15 is 0 Å². The Morgan fingerprint density at radius 3 is 2.78 bits per heavy atom. The molecule has 5 nitrogen and oxygen atoms in total. The molecule has 1 heterocycles. The number of aliphatic hydroxyl groups is 1. The van der Waals surface area contributed by atoms with E-state index in [2.05, 4.69) is 5.16 Å². The number of rotatable bonds is 4. The van der Waals surface area contributed by atoms with Gasteiger partial charge in [-0.1, -0.05) is 29.4 Å². The van der Waals surface area contributed by atoms with Gasteiger partial charge in [-0.3, -0.25) is 0 Å². The first-order chi connectivity index (χ1) is 8.58. The fraction of sp³-hybridized carbons (Fsp3) is 0.231. The fourth-order valence-electron chi connectivity index (χ4n) is 1.77. The molecule has 5 heteroatoms. The molecular weight excluding hydrogens is 234 g/mol. The van der Waals surface area contributed by atoms with E-state index < -0.39 is 12.1 Å². The van der Waals surface area contributed by atoms with Gasteiger partial charge in [0.05, 0.1) is 6.10 Å². The van der Waals surface area contributed by atoms with Crippen molar-refractivity contribution in [2.24, 2.45) is 0 Å². The van der Waals surface area contributed by atoms with Crippen LogP contribution in [0, 0.1) is 0 Å². The summed E-state index contributed by atoms with van der Waals surface area (Å²) in [5.74, 6) is -1.35. The van der Waals surface area contributed by atoms with Crippen LogP contribution in [0.25, 0.3) is 11.3 Å². The van der Waals surface area contributed by atoms with Gasteiger partial charge >= 0.3 is 5.97 Å². The first-order valence-electron chi connectivity index (χ1n) is 5.54. The monoisotopic (exact) mass is 247 g/mol. The van der Waals surface area contributed by atoms with Gasteiger partial charge in [0.2, 0.25) is 5.76 Å². The molecular formula is C13H13NO4. The predicted octanol–water partition coefficient (Wildman–Crippen LogP) is 1.96. The summed E-state index contributed by atoms with van der Waals surface area (Å²) in [5, 5.41) is 22.0. The highest BCUT2D eigenvalue weighted by Gasteiger charge is 2.15. The molecule has 18 heavy (non-hydrogen) atoms. The van der Waals surface area contributed by atoms with Crippen LogP contribution in [-0.4, -0.2) is 27.4 Å². The van der Waals surface area contributed by atoms with Gasteiger partial charge in [0, 0.05) is 11.6 Å². The largest absolute Gasteiger partial charge is 0.475 e. The summed E-state index contributed by atoms with van der Waals surface area (Å²) in [6, 6.07) is 8.76. The van der Waals surface area contributed by atoms with Gasteiger partial charge in [-0.15, -0.1) is 0 Å². The molecule has 1 unspecified atom stereocenters. The van der Waals surface area contributed by atoms with E-state index in [0.717, 1.165) is 11.1 Å². The van der Waals surface area contributed by atoms with Crippen LogP contribution in [0.2, 0.25) is 0 Å². The molecule has 94 valence electrons. The average molecular weight is 247 g/mol. The van der Waals surface area contributed by atoms with E-state index in [4.69, 9.17) is 9.63 Å². The number of carboxylic acids is 1. The highest BCUT2D eigenvalue weighted by atomic mass is 16.5. The van der Waals surface area contributed by atoms with Crippen molar-refractivity contribution in [2.45, 2.75) is 19.4 Å². The third-order valence-corrected chi connectivity index (χ3v) is 2.53. The minimum Gasteiger partial charge on any atom is -0.475 e. The summed E-state index contributed by atoms with van der Waals surface area (Å²) in [6.45, 7) is 1.70. The van der Waals surface area contributed by atoms with Crippen molar-refractivity contribution in [3.05, 3.63) is 41.7 Å². The number of hydrogen-bond acceptors (Lipinski definition) is 4. The number of benzene rings is 1. The standard InChI is InChI=1S/C13H13NO4/c1-8(15)6-9-4-2-3-5-10(9)11-7-12(13(16)17)18-14-11/h2-5,7-8,15H,6H2,1H3,(H,16,17). The number of carboxylic acid groups (broad SMARTS) is 1. The number of aromatic nitrogens is 1. The van der Waals surface area contributed by atoms with Crippen LogP contribution in [0.15, 0.2) is 34.9 Å². The molecule has 0 spiro atoms. The van der Waals surface area contributed by atoms with Gasteiger partial charge in [0.25, 0.3) is 0 Å². The normalized spacial score (nSPS) is 12.3. The molecule has 2 rings (SSSR count). The van der Waals surface area contributed by atoms with Gasteiger partial charge in [0.1, 0.15) is 5.69 Å². The number of nitrogens with zero attached hydrogens (tertiary/aromatic N) is 1. The van der Waals surface area contributed by atoms with Crippen LogP contribution in [0.5, 0.6) is 0 Å². The van der Waals surface area contributed by atoms with Crippen molar-refractivity contribution in [2.75, 3.05) is 0 Å². The third-order valence-electron chi connectivity index (χ3n) is 2.53. The van der Waals surface area contributed by atoms with Gasteiger partial charge in [-0.25, -0.2) is 4.79 Å². The second-order valence-corrected chi connectivity index (χ2v) is 4.09. The van der Waals surface area contributed by atoms with Crippen LogP contribution in [0.3, 0.4) is 0 Å². The predicted molar refractivity (Wildman–Crippen MR) is 64.3 cm³/mol. The topological polar surface area (TPSA) is 83.6 Å². The van der Waals surface area contributed by atoms with E-state index in [1.54, 1.807) is 6.92 Å². The lowest BCUT2D eigenvalue weighted by Crippen LogP contribution is -2.05. The molecule has 0 fully saturated rings. The molecule has 0 radical (unpaired) electrons. The SMILES string of the molecule is CC(O)Cc1ccccc1-c1cc(C(=O)O)on1. The third kappa shape index (κ3) is 2.57. The van der Waals surface area contributed by atoms with Gasteiger partial charge in [-0.2, -0.15) is 0 Å². The van der Waals surface area contributed by atoms with E-state index in [1.165, 1.54) is 6.07 Å². The van der Waals surface area contributed by atoms with Crippen molar-refractivity contribution < 1.29 is 19.5 Å². The zero-order valence-corrected chi connectivity index (χ0v) is 9.83. The van der Waals surface area contributed by atoms with E-state index in [9.17, 15) is 9.90 Å². The number of carbonyl (C=O) groups is 1. The maximum Gasteiger partial charge on any atom is 0.374 e. The van der Waals surface area contributed by atoms with E-state index in [-0.39, 0.29) is 5.76 Å². The number of aromatic carboxylic acids is 1. The Bertz CT molecular complexity index is 560. The van der Waals surface area contributed by atoms with Gasteiger partial charge in [-0.05, 0) is 18.9 Å². The number of aliphatic hydroxyl groups excluding tert-OH is 1. The minimum atomic E-state index is -1.15. The maximum atomic E-state index is 10.7. The number of hydrogen-bond donors (Lipinski definition) is 2. The molecule has 2 N–H and O–H groups in total. The van der Waals surface area contributed by atoms with Gasteiger partial charge in [0.15, 0.2) is 0 Å². The summed E-state index contributed by atoms with van der Waals surface area (Å²) >= 11 is 0. The second kappa shape index (κ2) is 5.01. The zero-order valence-electron chi connectivity index (χ0n) is 9.83. The minimum absolute atomic E-state index is 0.197. The lowest BCUT2D eigenvalue weighted by atomic mass is 10.00. The molecule has 2 aromatic rings. The molecule has 1 aromatic carbocycles. The maximum absolute atomic E-state index is 10.7. The van der Waals surface area contributed by atoms with Crippen LogP contribution >= 0.6 is 0 Å². The first-order valence-corrected chi connectivity index (χ1v) is 5.54. The Morgan fingerprint density at radius 1 is 1.44 bits per heavy atom. The molecule has 1 atom stereocenters. The Balaban J connectivity index is 2.39. The highest BCUT2D eigenvalue weighted by Crippen LogP contribution is 2.24. The molecule has 0 amide bonds. The second-order valence-electron chi connectivity index (χ2n) is 4.09. The highest BCUT2D eigenvalue weighted by molar-refractivity contribution is 5.85. The fourth-order valence-corrected chi connectivity index (χ4v) is 1.77. The molecule has 0 aliphatic heterocycles. The quantitative estimate of drug-likeness (QED) is 0.862. The van der Waals surface area contributed by atoms with Gasteiger partial charge < -0.3 is 14.7 Å². The van der Waals surface area contributed by atoms with Crippen molar-refractivity contribution >= 4 is 5.97 Å². The Morgan fingerprint density at radius 2 is 2.17 bits per heavy atom. The van der Waals surface area contributed by atoms with Crippen LogP contribution in [0.4, 0.5) is 0 Å². The van der Waals surface area contributed by atoms with E-state index in [0.29, 0.717) is 12.1 Å². The Labute approximate surface area is 104 Å². The lowest BCUT2D eigenvalue weighted by molar-refractivity contribution is 0.0652. The zero-order chi connectivity index (χ0) is 13.1. The molecule has 1 aromatic heterocycles. The summed E-state index contributed by atoms with van der Waals surface area (Å²) in [6.07, 6.45) is 0.00261. The van der Waals surface area contributed by atoms with Crippen molar-refractivity contribution in [3.63, 3.8) is 0 Å². The summed E-state index contributed by atoms with van der Waals surface area (Å²) in [7, 11) is 0. The van der Waals surface area contributed by atoms with Crippen LogP contribution < -0.4 is 0 Å². The summed E-state index contributed by atoms with van der Waals surface area (Å²) in [5.41, 5.74) is 2.14. The summed E-state index contributed by atoms with van der Waals surface area (Å²) in [4.78, 5) is 10.7. The van der Waals surface area contributed by atoms with E-state index in [1.807, 2.05) is 24.3 Å². The van der Waals surface area contributed by atoms with Crippen molar-refractivity contribution in [1.82, 2.24) is 5.16 Å². The smallest absolute Gasteiger partial charge is 0.374 e. The van der Waals surface area contributed by atoms with Crippen LogP contribution in [-0.2, 0) is 6.42 Å². The molecule has 0 saturated heterocycles. The van der Waals surface area contributed by atoms with Crippen molar-refractivity contribution in [3.8, 4) is 11.3 Å². The average Bonchev–Trinajstić information content (AvgIpc) is 2.78. The lowest BCUT2D eigenvalue weighted by Gasteiger charge is -2.08. The molecule has 0 aliphatic rings. The molecule has 0 aliphatic carbocycles. The Hall–Kier alpha value is -2.14. The van der Waals surface area contributed by atoms with Crippen molar-refractivity contribution in [1.29, 1.82) is 0 Å². The Kier molecular flexibility index (Phi) is 3.43. The molecule has 0 bridgehead atoms. The molecule has 0 saturated carbocycles. The first kappa shape index (κ1) is 12.3. The summed E-state index contributed by atoms with van der Waals surface area (Å²) < 4.78 is 4.73. The van der Waals surface area contributed by atoms with Crippen LogP contribution in [0.1, 0.15) is 23.0 Å².